The number of quaternary nitrogens is 1. The van der Waals surface area contributed by atoms with Gasteiger partial charge in [-0.1, -0.05) is 54.1 Å². The molecule has 156 valence electrons. The minimum atomic E-state index is -3.48. The molecule has 7 heteroatoms. The Morgan fingerprint density at radius 1 is 0.967 bits per heavy atom. The zero-order chi connectivity index (χ0) is 21.1. The number of benzene rings is 3. The number of hydrogen-bond donors (Lipinski definition) is 2. The van der Waals surface area contributed by atoms with E-state index in [0.717, 1.165) is 26.9 Å². The number of amides is 1. The Morgan fingerprint density at radius 2 is 1.63 bits per heavy atom. The van der Waals surface area contributed by atoms with Crippen molar-refractivity contribution in [2.75, 3.05) is 38.0 Å². The number of hydrogen-bond acceptors (Lipinski definition) is 3. The third-order valence-corrected chi connectivity index (χ3v) is 7.48. The predicted octanol–water partition coefficient (Wildman–Crippen LogP) is 1.68. The van der Waals surface area contributed by atoms with Crippen LogP contribution in [0, 0.1) is 6.92 Å². The molecule has 1 aliphatic heterocycles. The third-order valence-electron chi connectivity index (χ3n) is 5.56. The smallest absolute Gasteiger partial charge is 0.279 e. The minimum absolute atomic E-state index is 0.0591. The van der Waals surface area contributed by atoms with Gasteiger partial charge in [0.25, 0.3) is 5.91 Å². The van der Waals surface area contributed by atoms with Crippen LogP contribution in [0.1, 0.15) is 5.56 Å². The van der Waals surface area contributed by atoms with Crippen molar-refractivity contribution in [1.29, 1.82) is 0 Å². The summed E-state index contributed by atoms with van der Waals surface area (Å²) < 4.78 is 27.2. The number of anilines is 1. The van der Waals surface area contributed by atoms with E-state index < -0.39 is 10.0 Å². The van der Waals surface area contributed by atoms with Gasteiger partial charge in [0, 0.05) is 11.1 Å². The number of aryl methyl sites for hydroxylation is 1. The Bertz CT molecular complexity index is 1150. The number of rotatable bonds is 5. The summed E-state index contributed by atoms with van der Waals surface area (Å²) >= 11 is 0. The summed E-state index contributed by atoms with van der Waals surface area (Å²) in [6, 6.07) is 20.7. The summed E-state index contributed by atoms with van der Waals surface area (Å²) in [7, 11) is -3.48. The van der Waals surface area contributed by atoms with Crippen molar-refractivity contribution in [1.82, 2.24) is 4.31 Å². The van der Waals surface area contributed by atoms with E-state index in [-0.39, 0.29) is 5.91 Å². The van der Waals surface area contributed by atoms with E-state index in [9.17, 15) is 13.2 Å². The van der Waals surface area contributed by atoms with Gasteiger partial charge in [0.1, 0.15) is 0 Å². The lowest BCUT2D eigenvalue weighted by molar-refractivity contribution is -0.895. The van der Waals surface area contributed by atoms with Crippen LogP contribution in [-0.4, -0.2) is 51.4 Å². The van der Waals surface area contributed by atoms with E-state index in [1.807, 2.05) is 61.5 Å². The van der Waals surface area contributed by atoms with Crippen molar-refractivity contribution in [3.05, 3.63) is 72.3 Å². The van der Waals surface area contributed by atoms with Gasteiger partial charge in [0.15, 0.2) is 6.54 Å². The lowest BCUT2D eigenvalue weighted by Crippen LogP contribution is -3.15. The number of piperazine rings is 1. The second-order valence-corrected chi connectivity index (χ2v) is 9.66. The molecule has 1 heterocycles. The lowest BCUT2D eigenvalue weighted by atomic mass is 10.1. The highest BCUT2D eigenvalue weighted by Gasteiger charge is 2.31. The van der Waals surface area contributed by atoms with Crippen LogP contribution >= 0.6 is 0 Å². The first-order valence-corrected chi connectivity index (χ1v) is 11.6. The van der Waals surface area contributed by atoms with E-state index in [0.29, 0.717) is 37.6 Å². The maximum Gasteiger partial charge on any atom is 0.279 e. The van der Waals surface area contributed by atoms with Crippen molar-refractivity contribution in [2.45, 2.75) is 11.8 Å². The Morgan fingerprint density at radius 3 is 2.37 bits per heavy atom. The topological polar surface area (TPSA) is 70.9 Å². The Kier molecular flexibility index (Phi) is 5.85. The highest BCUT2D eigenvalue weighted by atomic mass is 32.2. The molecule has 4 rings (SSSR count). The lowest BCUT2D eigenvalue weighted by Gasteiger charge is -2.31. The van der Waals surface area contributed by atoms with Crippen molar-refractivity contribution in [3.63, 3.8) is 0 Å². The van der Waals surface area contributed by atoms with E-state index in [1.54, 1.807) is 12.1 Å². The van der Waals surface area contributed by atoms with Crippen molar-refractivity contribution >= 4 is 32.4 Å². The fourth-order valence-corrected chi connectivity index (χ4v) is 5.28. The number of nitrogens with one attached hydrogen (secondary N) is 2. The molecule has 6 nitrogen and oxygen atoms in total. The van der Waals surface area contributed by atoms with Gasteiger partial charge in [0.05, 0.1) is 31.1 Å². The molecule has 2 N–H and O–H groups in total. The highest BCUT2D eigenvalue weighted by molar-refractivity contribution is 7.89. The van der Waals surface area contributed by atoms with E-state index >= 15 is 0 Å². The largest absolute Gasteiger partial charge is 0.325 e. The summed E-state index contributed by atoms with van der Waals surface area (Å²) in [6.07, 6.45) is 0. The molecule has 3 aromatic carbocycles. The molecule has 1 amide bonds. The van der Waals surface area contributed by atoms with Crippen molar-refractivity contribution in [3.8, 4) is 0 Å². The normalized spacial score (nSPS) is 15.9. The second kappa shape index (κ2) is 8.55. The zero-order valence-corrected chi connectivity index (χ0v) is 17.8. The molecular weight excluding hydrogens is 398 g/mol. The summed E-state index contributed by atoms with van der Waals surface area (Å²) in [5, 5.41) is 5.11. The van der Waals surface area contributed by atoms with Gasteiger partial charge < -0.3 is 10.2 Å². The van der Waals surface area contributed by atoms with E-state index in [2.05, 4.69) is 5.32 Å². The molecule has 3 aromatic rings. The van der Waals surface area contributed by atoms with Gasteiger partial charge in [-0.05, 0) is 30.5 Å². The number of carbonyl (C=O) groups excluding carboxylic acids is 1. The zero-order valence-electron chi connectivity index (χ0n) is 17.0. The fraction of sp³-hybridized carbons (Fsp3) is 0.261. The number of sulfonamides is 1. The number of nitrogens with zero attached hydrogens (tertiary/aromatic N) is 1. The summed E-state index contributed by atoms with van der Waals surface area (Å²) in [5.41, 5.74) is 1.83. The first kappa shape index (κ1) is 20.5. The molecule has 0 spiro atoms. The van der Waals surface area contributed by atoms with Crippen LogP contribution < -0.4 is 10.2 Å². The van der Waals surface area contributed by atoms with Gasteiger partial charge in [-0.2, -0.15) is 4.31 Å². The average molecular weight is 425 g/mol. The molecule has 0 aliphatic carbocycles. The van der Waals surface area contributed by atoms with Gasteiger partial charge in [-0.3, -0.25) is 4.79 Å². The maximum atomic E-state index is 12.8. The summed E-state index contributed by atoms with van der Waals surface area (Å²) in [6.45, 7) is 4.28. The average Bonchev–Trinajstić information content (AvgIpc) is 2.75. The van der Waals surface area contributed by atoms with Crippen LogP contribution in [0.5, 0.6) is 0 Å². The van der Waals surface area contributed by atoms with Crippen LogP contribution in [-0.2, 0) is 14.8 Å². The molecule has 0 atom stereocenters. The monoisotopic (exact) mass is 424 g/mol. The Balaban J connectivity index is 1.35. The second-order valence-electron chi connectivity index (χ2n) is 7.72. The molecule has 0 saturated carbocycles. The van der Waals surface area contributed by atoms with E-state index in [4.69, 9.17) is 0 Å². The molecule has 0 bridgehead atoms. The minimum Gasteiger partial charge on any atom is -0.325 e. The number of fused-ring (bicyclic) bond motifs is 1. The van der Waals surface area contributed by atoms with Crippen molar-refractivity contribution in [2.24, 2.45) is 0 Å². The first-order chi connectivity index (χ1) is 14.4. The maximum absolute atomic E-state index is 12.8. The number of carbonyl (C=O) groups is 1. The molecule has 30 heavy (non-hydrogen) atoms. The summed E-state index contributed by atoms with van der Waals surface area (Å²) in [5.74, 6) is -0.0591. The third kappa shape index (κ3) is 4.38. The van der Waals surface area contributed by atoms with E-state index in [1.165, 1.54) is 4.31 Å². The molecule has 0 aromatic heterocycles. The van der Waals surface area contributed by atoms with Crippen LogP contribution in [0.2, 0.25) is 0 Å². The van der Waals surface area contributed by atoms with Crippen LogP contribution in [0.4, 0.5) is 5.69 Å². The first-order valence-electron chi connectivity index (χ1n) is 10.1. The van der Waals surface area contributed by atoms with Gasteiger partial charge >= 0.3 is 0 Å². The molecule has 0 radical (unpaired) electrons. The quantitative estimate of drug-likeness (QED) is 0.655. The molecule has 1 saturated heterocycles. The van der Waals surface area contributed by atoms with Crippen LogP contribution in [0.3, 0.4) is 0 Å². The van der Waals surface area contributed by atoms with Crippen LogP contribution in [0.15, 0.2) is 71.6 Å². The highest BCUT2D eigenvalue weighted by Crippen LogP contribution is 2.22. The predicted molar refractivity (Wildman–Crippen MR) is 118 cm³/mol. The fourth-order valence-electron chi connectivity index (χ4n) is 3.83. The van der Waals surface area contributed by atoms with Crippen LogP contribution in [0.25, 0.3) is 10.8 Å². The summed E-state index contributed by atoms with van der Waals surface area (Å²) in [4.78, 5) is 14.0. The van der Waals surface area contributed by atoms with Gasteiger partial charge in [-0.15, -0.1) is 0 Å². The SMILES string of the molecule is Cc1ccc(S(=O)(=O)N2CC[NH+](CC(=O)Nc3cccc4ccccc34)CC2)cc1. The Labute approximate surface area is 177 Å². The molecule has 1 aliphatic rings. The van der Waals surface area contributed by atoms with Gasteiger partial charge in [0.2, 0.25) is 10.0 Å². The molecular formula is C23H26N3O3S+. The Hall–Kier alpha value is -2.74. The standard InChI is InChI=1S/C23H25N3O3S/c1-18-9-11-20(12-10-18)30(28,29)26-15-13-25(14-16-26)17-23(27)24-22-8-4-6-19-5-2-3-7-21(19)22/h2-12H,13-17H2,1H3,(H,24,27)/p+1. The molecule has 1 fully saturated rings. The van der Waals surface area contributed by atoms with Crippen molar-refractivity contribution < 1.29 is 18.1 Å². The van der Waals surface area contributed by atoms with Gasteiger partial charge in [-0.25, -0.2) is 8.42 Å². The molecule has 0 unspecified atom stereocenters.